The lowest BCUT2D eigenvalue weighted by Gasteiger charge is -2.17. The first-order valence-corrected chi connectivity index (χ1v) is 3.23. The number of aliphatic hydroxyl groups excluding tert-OH is 1. The highest BCUT2D eigenvalue weighted by Gasteiger charge is 2.12. The van der Waals surface area contributed by atoms with Gasteiger partial charge in [0.05, 0.1) is 11.9 Å². The molecule has 9 heavy (non-hydrogen) atoms. The van der Waals surface area contributed by atoms with Crippen LogP contribution < -0.4 is 0 Å². The van der Waals surface area contributed by atoms with Crippen LogP contribution in [0.4, 0.5) is 0 Å². The minimum atomic E-state index is 0.245. The summed E-state index contributed by atoms with van der Waals surface area (Å²) in [5.74, 6) is 0.480. The molecule has 0 heterocycles. The maximum Gasteiger partial charge on any atom is 0.0908 e. The summed E-state index contributed by atoms with van der Waals surface area (Å²) in [6.07, 6.45) is 4.78. The van der Waals surface area contributed by atoms with Crippen molar-refractivity contribution in [2.24, 2.45) is 0 Å². The maximum absolute atomic E-state index is 8.99. The van der Waals surface area contributed by atoms with E-state index in [4.69, 9.17) is 9.84 Å². The van der Waals surface area contributed by atoms with Gasteiger partial charge in [-0.1, -0.05) is 0 Å². The Bertz CT molecular complexity index is 118. The molecule has 1 unspecified atom stereocenters. The molecule has 0 saturated heterocycles. The van der Waals surface area contributed by atoms with Crippen molar-refractivity contribution < 1.29 is 9.84 Å². The molecule has 0 aromatic heterocycles. The first-order chi connectivity index (χ1) is 4.33. The van der Waals surface area contributed by atoms with Crippen LogP contribution in [-0.4, -0.2) is 18.3 Å². The molecule has 0 amide bonds. The molecular formula is C7H12O2. The summed E-state index contributed by atoms with van der Waals surface area (Å²) < 4.78 is 5.06. The van der Waals surface area contributed by atoms with Crippen LogP contribution >= 0.6 is 0 Å². The van der Waals surface area contributed by atoms with Crippen molar-refractivity contribution in [2.75, 3.05) is 7.11 Å². The van der Waals surface area contributed by atoms with Crippen molar-refractivity contribution in [3.8, 4) is 0 Å². The monoisotopic (exact) mass is 128 g/mol. The zero-order valence-corrected chi connectivity index (χ0v) is 5.63. The summed E-state index contributed by atoms with van der Waals surface area (Å²) in [5, 5.41) is 8.99. The SMILES string of the molecule is COC1CCC=C(O)C1. The Balaban J connectivity index is 2.39. The van der Waals surface area contributed by atoms with Crippen molar-refractivity contribution in [3.05, 3.63) is 11.8 Å². The number of aliphatic hydroxyl groups is 1. The van der Waals surface area contributed by atoms with Crippen LogP contribution in [0.3, 0.4) is 0 Å². The quantitative estimate of drug-likeness (QED) is 0.581. The highest BCUT2D eigenvalue weighted by atomic mass is 16.5. The van der Waals surface area contributed by atoms with Gasteiger partial charge in [-0.25, -0.2) is 0 Å². The average molecular weight is 128 g/mol. The minimum Gasteiger partial charge on any atom is -0.513 e. The van der Waals surface area contributed by atoms with Gasteiger partial charge < -0.3 is 9.84 Å². The fourth-order valence-corrected chi connectivity index (χ4v) is 1.06. The van der Waals surface area contributed by atoms with Gasteiger partial charge in [0.2, 0.25) is 0 Å². The summed E-state index contributed by atoms with van der Waals surface area (Å²) >= 11 is 0. The van der Waals surface area contributed by atoms with E-state index >= 15 is 0 Å². The second-order valence-corrected chi connectivity index (χ2v) is 2.33. The Morgan fingerprint density at radius 1 is 1.78 bits per heavy atom. The summed E-state index contributed by atoms with van der Waals surface area (Å²) in [6, 6.07) is 0. The van der Waals surface area contributed by atoms with Gasteiger partial charge in [-0.05, 0) is 18.9 Å². The minimum absolute atomic E-state index is 0.245. The molecule has 0 aromatic carbocycles. The van der Waals surface area contributed by atoms with Crippen LogP contribution in [0.1, 0.15) is 19.3 Å². The number of methoxy groups -OCH3 is 1. The van der Waals surface area contributed by atoms with Gasteiger partial charge in [-0.2, -0.15) is 0 Å². The second kappa shape index (κ2) is 2.87. The molecular weight excluding hydrogens is 116 g/mol. The number of ether oxygens (including phenoxy) is 1. The van der Waals surface area contributed by atoms with Crippen LogP contribution in [0.25, 0.3) is 0 Å². The summed E-state index contributed by atoms with van der Waals surface area (Å²) in [5.41, 5.74) is 0. The van der Waals surface area contributed by atoms with Gasteiger partial charge in [0.25, 0.3) is 0 Å². The Kier molecular flexibility index (Phi) is 2.11. The van der Waals surface area contributed by atoms with E-state index in [9.17, 15) is 0 Å². The van der Waals surface area contributed by atoms with Crippen molar-refractivity contribution in [1.82, 2.24) is 0 Å². The van der Waals surface area contributed by atoms with Gasteiger partial charge in [0.1, 0.15) is 0 Å². The van der Waals surface area contributed by atoms with E-state index in [2.05, 4.69) is 0 Å². The summed E-state index contributed by atoms with van der Waals surface area (Å²) in [4.78, 5) is 0. The summed E-state index contributed by atoms with van der Waals surface area (Å²) in [7, 11) is 1.68. The van der Waals surface area contributed by atoms with Crippen molar-refractivity contribution in [2.45, 2.75) is 25.4 Å². The van der Waals surface area contributed by atoms with E-state index in [1.54, 1.807) is 7.11 Å². The van der Waals surface area contributed by atoms with E-state index in [0.29, 0.717) is 12.2 Å². The molecule has 0 saturated carbocycles. The van der Waals surface area contributed by atoms with E-state index in [1.165, 1.54) is 0 Å². The Hall–Kier alpha value is -0.500. The fourth-order valence-electron chi connectivity index (χ4n) is 1.06. The normalized spacial score (nSPS) is 27.7. The highest BCUT2D eigenvalue weighted by molar-refractivity contribution is 4.97. The number of allylic oxidation sites excluding steroid dienone is 1. The molecule has 1 N–H and O–H groups in total. The van der Waals surface area contributed by atoms with Gasteiger partial charge >= 0.3 is 0 Å². The van der Waals surface area contributed by atoms with Gasteiger partial charge in [0, 0.05) is 13.5 Å². The number of rotatable bonds is 1. The molecule has 2 nitrogen and oxygen atoms in total. The Morgan fingerprint density at radius 3 is 3.00 bits per heavy atom. The zero-order valence-electron chi connectivity index (χ0n) is 5.63. The third-order valence-corrected chi connectivity index (χ3v) is 1.64. The standard InChI is InChI=1S/C7H12O2/c1-9-7-4-2-3-6(8)5-7/h3,7-8H,2,4-5H2,1H3. The zero-order chi connectivity index (χ0) is 6.69. The van der Waals surface area contributed by atoms with Crippen LogP contribution in [0, 0.1) is 0 Å². The van der Waals surface area contributed by atoms with E-state index in [-0.39, 0.29) is 6.10 Å². The van der Waals surface area contributed by atoms with Crippen molar-refractivity contribution >= 4 is 0 Å². The van der Waals surface area contributed by atoms with Crippen LogP contribution in [0.5, 0.6) is 0 Å². The lowest BCUT2D eigenvalue weighted by Crippen LogP contribution is -2.14. The molecule has 0 aliphatic heterocycles. The molecule has 52 valence electrons. The maximum atomic E-state index is 8.99. The van der Waals surface area contributed by atoms with Crippen LogP contribution in [0.2, 0.25) is 0 Å². The fraction of sp³-hybridized carbons (Fsp3) is 0.714. The third kappa shape index (κ3) is 1.72. The Labute approximate surface area is 55.1 Å². The van der Waals surface area contributed by atoms with E-state index < -0.39 is 0 Å². The molecule has 0 fully saturated rings. The molecule has 1 rings (SSSR count). The van der Waals surface area contributed by atoms with Gasteiger partial charge in [0.15, 0.2) is 0 Å². The molecule has 0 spiro atoms. The largest absolute Gasteiger partial charge is 0.513 e. The predicted octanol–water partition coefficient (Wildman–Crippen LogP) is 1.63. The second-order valence-electron chi connectivity index (χ2n) is 2.33. The van der Waals surface area contributed by atoms with Crippen molar-refractivity contribution in [1.29, 1.82) is 0 Å². The molecule has 2 heteroatoms. The number of hydrogen-bond acceptors (Lipinski definition) is 2. The molecule has 1 aliphatic rings. The summed E-state index contributed by atoms with van der Waals surface area (Å²) in [6.45, 7) is 0. The van der Waals surface area contributed by atoms with Crippen LogP contribution in [-0.2, 0) is 4.74 Å². The molecule has 1 atom stereocenters. The van der Waals surface area contributed by atoms with Gasteiger partial charge in [-0.15, -0.1) is 0 Å². The average Bonchev–Trinajstić information content (AvgIpc) is 1.88. The molecule has 0 radical (unpaired) electrons. The van der Waals surface area contributed by atoms with Crippen LogP contribution in [0.15, 0.2) is 11.8 Å². The molecule has 0 aromatic rings. The number of hydrogen-bond donors (Lipinski definition) is 1. The molecule has 0 bridgehead atoms. The van der Waals surface area contributed by atoms with Gasteiger partial charge in [-0.3, -0.25) is 0 Å². The first kappa shape index (κ1) is 6.62. The van der Waals surface area contributed by atoms with E-state index in [1.807, 2.05) is 6.08 Å². The smallest absolute Gasteiger partial charge is 0.0908 e. The highest BCUT2D eigenvalue weighted by Crippen LogP contribution is 2.17. The van der Waals surface area contributed by atoms with Crippen molar-refractivity contribution in [3.63, 3.8) is 0 Å². The topological polar surface area (TPSA) is 29.5 Å². The van der Waals surface area contributed by atoms with E-state index in [0.717, 1.165) is 12.8 Å². The predicted molar refractivity (Wildman–Crippen MR) is 35.4 cm³/mol. The lowest BCUT2D eigenvalue weighted by atomic mass is 10.0. The Morgan fingerprint density at radius 2 is 2.56 bits per heavy atom. The molecule has 1 aliphatic carbocycles. The lowest BCUT2D eigenvalue weighted by molar-refractivity contribution is 0.0808. The first-order valence-electron chi connectivity index (χ1n) is 3.23. The third-order valence-electron chi connectivity index (χ3n) is 1.64.